The lowest BCUT2D eigenvalue weighted by atomic mass is 10.1. The summed E-state index contributed by atoms with van der Waals surface area (Å²) in [6, 6.07) is 9.30. The zero-order valence-corrected chi connectivity index (χ0v) is 18.3. The number of methoxy groups -OCH3 is 1. The van der Waals surface area contributed by atoms with Crippen LogP contribution in [0.2, 0.25) is 0 Å². The maximum absolute atomic E-state index is 13.1. The zero-order valence-electron chi connectivity index (χ0n) is 17.5. The summed E-state index contributed by atoms with van der Waals surface area (Å²) in [5, 5.41) is 4.32. The van der Waals surface area contributed by atoms with Gasteiger partial charge in [-0.2, -0.15) is 5.10 Å². The average Bonchev–Trinajstić information content (AvgIpc) is 3.54. The SMILES string of the molecule is C=Cc1cc([S+]([O-])c2cnn(C3CC3)c2)ccc1C(=O)N(C)Cc1cccnc1OC. The smallest absolute Gasteiger partial charge is 0.254 e. The molecular formula is C23H24N4O3S. The molecule has 1 amide bonds. The lowest BCUT2D eigenvalue weighted by Crippen LogP contribution is -2.27. The van der Waals surface area contributed by atoms with Gasteiger partial charge in [-0.05, 0) is 36.6 Å². The molecule has 2 aromatic heterocycles. The van der Waals surface area contributed by atoms with Crippen molar-refractivity contribution in [2.24, 2.45) is 0 Å². The Balaban J connectivity index is 1.54. The minimum atomic E-state index is -1.38. The first-order valence-corrected chi connectivity index (χ1v) is 11.1. The molecule has 0 radical (unpaired) electrons. The predicted octanol–water partition coefficient (Wildman–Crippen LogP) is 3.70. The average molecular weight is 437 g/mol. The summed E-state index contributed by atoms with van der Waals surface area (Å²) >= 11 is -1.38. The molecule has 3 aromatic rings. The number of nitrogens with zero attached hydrogens (tertiary/aromatic N) is 4. The number of benzene rings is 1. The number of carbonyl (C=O) groups is 1. The fraction of sp³-hybridized carbons (Fsp3) is 0.261. The first kappa shape index (κ1) is 21.1. The molecule has 0 saturated heterocycles. The van der Waals surface area contributed by atoms with Gasteiger partial charge in [-0.15, -0.1) is 0 Å². The maximum Gasteiger partial charge on any atom is 0.254 e. The Morgan fingerprint density at radius 3 is 2.90 bits per heavy atom. The first-order chi connectivity index (χ1) is 15.0. The standard InChI is InChI=1S/C23H24N4O3S/c1-4-16-12-19(31(29)20-13-25-27(15-20)18-7-8-18)9-10-21(16)23(28)26(2)14-17-6-5-11-24-22(17)30-3/h4-6,9-13,15,18H,1,7-8,14H2,2-3H3. The van der Waals surface area contributed by atoms with E-state index < -0.39 is 11.2 Å². The fourth-order valence-corrected chi connectivity index (χ4v) is 4.42. The summed E-state index contributed by atoms with van der Waals surface area (Å²) in [5.74, 6) is 0.322. The highest BCUT2D eigenvalue weighted by molar-refractivity contribution is 7.91. The monoisotopic (exact) mass is 436 g/mol. The van der Waals surface area contributed by atoms with Gasteiger partial charge in [0.1, 0.15) is 6.20 Å². The second-order valence-corrected chi connectivity index (χ2v) is 8.92. The summed E-state index contributed by atoms with van der Waals surface area (Å²) < 4.78 is 20.2. The van der Waals surface area contributed by atoms with Crippen LogP contribution in [-0.2, 0) is 17.7 Å². The van der Waals surface area contributed by atoms with Crippen LogP contribution in [0.25, 0.3) is 6.08 Å². The highest BCUT2D eigenvalue weighted by Crippen LogP contribution is 2.35. The molecule has 1 aliphatic carbocycles. The van der Waals surface area contributed by atoms with Gasteiger partial charge in [0.2, 0.25) is 5.88 Å². The summed E-state index contributed by atoms with van der Waals surface area (Å²) in [6.07, 6.45) is 8.98. The van der Waals surface area contributed by atoms with Crippen LogP contribution in [0.5, 0.6) is 5.88 Å². The minimum absolute atomic E-state index is 0.167. The quantitative estimate of drug-likeness (QED) is 0.503. The van der Waals surface area contributed by atoms with Crippen molar-refractivity contribution < 1.29 is 14.1 Å². The van der Waals surface area contributed by atoms with Crippen LogP contribution < -0.4 is 4.74 Å². The largest absolute Gasteiger partial charge is 0.606 e. The van der Waals surface area contributed by atoms with Gasteiger partial charge < -0.3 is 14.2 Å². The molecule has 7 nitrogen and oxygen atoms in total. The van der Waals surface area contributed by atoms with Gasteiger partial charge >= 0.3 is 0 Å². The third kappa shape index (κ3) is 4.50. The molecule has 160 valence electrons. The number of amides is 1. The summed E-state index contributed by atoms with van der Waals surface area (Å²) in [7, 11) is 3.27. The van der Waals surface area contributed by atoms with Gasteiger partial charge in [-0.1, -0.05) is 18.7 Å². The van der Waals surface area contributed by atoms with E-state index in [2.05, 4.69) is 16.7 Å². The van der Waals surface area contributed by atoms with Gasteiger partial charge in [-0.25, -0.2) is 4.98 Å². The van der Waals surface area contributed by atoms with Crippen LogP contribution in [0.1, 0.15) is 40.4 Å². The van der Waals surface area contributed by atoms with Crippen molar-refractivity contribution >= 4 is 23.2 Å². The second-order valence-electron chi connectivity index (χ2n) is 7.44. The Labute approximate surface area is 184 Å². The van der Waals surface area contributed by atoms with Gasteiger partial charge in [0.15, 0.2) is 9.79 Å². The molecule has 4 rings (SSSR count). The summed E-state index contributed by atoms with van der Waals surface area (Å²) in [5.41, 5.74) is 1.94. The topological polar surface area (TPSA) is 83.3 Å². The molecule has 2 heterocycles. The Hall–Kier alpha value is -3.10. The van der Waals surface area contributed by atoms with Crippen molar-refractivity contribution in [1.29, 1.82) is 0 Å². The molecule has 1 aromatic carbocycles. The molecule has 1 saturated carbocycles. The number of ether oxygens (including phenoxy) is 1. The van der Waals surface area contributed by atoms with Crippen molar-refractivity contribution in [3.05, 3.63) is 72.2 Å². The predicted molar refractivity (Wildman–Crippen MR) is 118 cm³/mol. The number of aromatic nitrogens is 3. The van der Waals surface area contributed by atoms with E-state index in [9.17, 15) is 9.35 Å². The second kappa shape index (κ2) is 8.95. The number of rotatable bonds is 8. The highest BCUT2D eigenvalue weighted by atomic mass is 32.2. The normalized spacial score (nSPS) is 14.2. The van der Waals surface area contributed by atoms with Crippen molar-refractivity contribution in [3.8, 4) is 5.88 Å². The fourth-order valence-electron chi connectivity index (χ4n) is 3.37. The molecule has 1 fully saturated rings. The van der Waals surface area contributed by atoms with Gasteiger partial charge in [-0.3, -0.25) is 9.48 Å². The first-order valence-electron chi connectivity index (χ1n) is 9.97. The molecule has 1 unspecified atom stereocenters. The van der Waals surface area contributed by atoms with E-state index in [1.54, 1.807) is 61.8 Å². The third-order valence-electron chi connectivity index (χ3n) is 5.20. The van der Waals surface area contributed by atoms with Gasteiger partial charge in [0.05, 0.1) is 25.9 Å². The van der Waals surface area contributed by atoms with Crippen LogP contribution in [-0.4, -0.2) is 44.3 Å². The molecule has 31 heavy (non-hydrogen) atoms. The molecule has 1 atom stereocenters. The van der Waals surface area contributed by atoms with Crippen molar-refractivity contribution in [2.45, 2.75) is 35.2 Å². The highest BCUT2D eigenvalue weighted by Gasteiger charge is 2.27. The Morgan fingerprint density at radius 2 is 2.19 bits per heavy atom. The number of hydrogen-bond acceptors (Lipinski definition) is 5. The van der Waals surface area contributed by atoms with E-state index >= 15 is 0 Å². The third-order valence-corrected chi connectivity index (χ3v) is 6.52. The van der Waals surface area contributed by atoms with E-state index in [1.807, 2.05) is 16.9 Å². The molecule has 0 N–H and O–H groups in total. The number of carbonyl (C=O) groups excluding carboxylic acids is 1. The van der Waals surface area contributed by atoms with Crippen molar-refractivity contribution in [2.75, 3.05) is 14.2 Å². The lowest BCUT2D eigenvalue weighted by Gasteiger charge is -2.20. The minimum Gasteiger partial charge on any atom is -0.606 e. The van der Waals surface area contributed by atoms with Gasteiger partial charge in [0, 0.05) is 41.6 Å². The molecule has 8 heteroatoms. The Morgan fingerprint density at radius 1 is 1.39 bits per heavy atom. The molecule has 0 spiro atoms. The van der Waals surface area contributed by atoms with Crippen molar-refractivity contribution in [1.82, 2.24) is 19.7 Å². The number of pyridine rings is 1. The van der Waals surface area contributed by atoms with Crippen LogP contribution in [0.3, 0.4) is 0 Å². The molecule has 0 bridgehead atoms. The van der Waals surface area contributed by atoms with E-state index in [4.69, 9.17) is 4.74 Å². The van der Waals surface area contributed by atoms with Crippen LogP contribution in [0.4, 0.5) is 0 Å². The summed E-state index contributed by atoms with van der Waals surface area (Å²) in [6.45, 7) is 4.18. The van der Waals surface area contributed by atoms with Crippen molar-refractivity contribution in [3.63, 3.8) is 0 Å². The van der Waals surface area contributed by atoms with Crippen LogP contribution in [0, 0.1) is 0 Å². The summed E-state index contributed by atoms with van der Waals surface area (Å²) in [4.78, 5) is 20.1. The van der Waals surface area contributed by atoms with E-state index in [0.29, 0.717) is 39.4 Å². The Bertz CT molecular complexity index is 1110. The molecule has 1 aliphatic rings. The Kier molecular flexibility index (Phi) is 6.11. The number of hydrogen-bond donors (Lipinski definition) is 0. The van der Waals surface area contributed by atoms with E-state index in [0.717, 1.165) is 18.4 Å². The lowest BCUT2D eigenvalue weighted by molar-refractivity contribution is 0.0783. The van der Waals surface area contributed by atoms with E-state index in [1.165, 1.54) is 0 Å². The molecular weight excluding hydrogens is 412 g/mol. The van der Waals surface area contributed by atoms with Gasteiger partial charge in [0.25, 0.3) is 5.91 Å². The molecule has 0 aliphatic heterocycles. The van der Waals surface area contributed by atoms with Crippen LogP contribution in [0.15, 0.2) is 65.3 Å². The van der Waals surface area contributed by atoms with Crippen LogP contribution >= 0.6 is 0 Å². The zero-order chi connectivity index (χ0) is 22.0. The maximum atomic E-state index is 13.1. The van der Waals surface area contributed by atoms with E-state index in [-0.39, 0.29) is 5.91 Å².